The van der Waals surface area contributed by atoms with Crippen LogP contribution in [0, 0.1) is 0 Å². The highest BCUT2D eigenvalue weighted by Crippen LogP contribution is 2.23. The standard InChI is InChI=1S/C12H19N5O2S2/c1-3-6-17-8-10(11(13)15-17)21(18,19)16-9(4-2)12-14-5-7-20-12/h5,7-9,16H,3-4,6H2,1-2H3,(H2,13,15). The molecule has 2 heterocycles. The van der Waals surface area contributed by atoms with Gasteiger partial charge in [0.15, 0.2) is 5.82 Å². The van der Waals surface area contributed by atoms with Crippen LogP contribution < -0.4 is 10.5 Å². The fourth-order valence-corrected chi connectivity index (χ4v) is 4.14. The van der Waals surface area contributed by atoms with Gasteiger partial charge in [-0.15, -0.1) is 11.3 Å². The van der Waals surface area contributed by atoms with Crippen LogP contribution in [0.15, 0.2) is 22.7 Å². The smallest absolute Gasteiger partial charge is 0.246 e. The monoisotopic (exact) mass is 329 g/mol. The summed E-state index contributed by atoms with van der Waals surface area (Å²) in [6, 6.07) is -0.357. The van der Waals surface area contributed by atoms with E-state index in [2.05, 4.69) is 14.8 Å². The summed E-state index contributed by atoms with van der Waals surface area (Å²) in [6.07, 6.45) is 4.58. The topological polar surface area (TPSA) is 103 Å². The van der Waals surface area contributed by atoms with Crippen molar-refractivity contribution < 1.29 is 8.42 Å². The van der Waals surface area contributed by atoms with Crippen LogP contribution in [0.2, 0.25) is 0 Å². The van der Waals surface area contributed by atoms with Gasteiger partial charge in [-0.25, -0.2) is 18.1 Å². The number of rotatable bonds is 7. The van der Waals surface area contributed by atoms with Crippen LogP contribution in [0.3, 0.4) is 0 Å². The maximum Gasteiger partial charge on any atom is 0.246 e. The van der Waals surface area contributed by atoms with Gasteiger partial charge in [-0.1, -0.05) is 13.8 Å². The van der Waals surface area contributed by atoms with Crippen LogP contribution >= 0.6 is 11.3 Å². The minimum atomic E-state index is -3.72. The first-order valence-corrected chi connectivity index (χ1v) is 9.08. The Morgan fingerprint density at radius 1 is 1.48 bits per heavy atom. The van der Waals surface area contributed by atoms with Crippen molar-refractivity contribution in [1.82, 2.24) is 19.5 Å². The molecule has 0 aliphatic heterocycles. The first-order chi connectivity index (χ1) is 9.97. The molecule has 0 bridgehead atoms. The van der Waals surface area contributed by atoms with Crippen molar-refractivity contribution in [2.24, 2.45) is 0 Å². The molecule has 2 aromatic rings. The second-order valence-corrected chi connectivity index (χ2v) is 7.20. The predicted molar refractivity (Wildman–Crippen MR) is 82.4 cm³/mol. The Morgan fingerprint density at radius 3 is 2.81 bits per heavy atom. The summed E-state index contributed by atoms with van der Waals surface area (Å²) in [4.78, 5) is 4.18. The molecular weight excluding hydrogens is 310 g/mol. The summed E-state index contributed by atoms with van der Waals surface area (Å²) in [7, 11) is -3.72. The van der Waals surface area contributed by atoms with Crippen LogP contribution in [-0.4, -0.2) is 23.2 Å². The lowest BCUT2D eigenvalue weighted by atomic mass is 10.3. The highest BCUT2D eigenvalue weighted by Gasteiger charge is 2.25. The highest BCUT2D eigenvalue weighted by atomic mass is 32.2. The van der Waals surface area contributed by atoms with Gasteiger partial charge in [0.1, 0.15) is 9.90 Å². The van der Waals surface area contributed by atoms with Crippen LogP contribution in [0.1, 0.15) is 37.7 Å². The Bertz CT molecular complexity index is 679. The summed E-state index contributed by atoms with van der Waals surface area (Å²) in [6.45, 7) is 4.52. The molecule has 116 valence electrons. The summed E-state index contributed by atoms with van der Waals surface area (Å²) in [5, 5.41) is 6.58. The zero-order valence-corrected chi connectivity index (χ0v) is 13.6. The number of nitrogens with one attached hydrogen (secondary N) is 1. The van der Waals surface area contributed by atoms with E-state index in [4.69, 9.17) is 5.73 Å². The van der Waals surface area contributed by atoms with Crippen molar-refractivity contribution in [2.75, 3.05) is 5.73 Å². The average molecular weight is 329 g/mol. The number of nitrogen functional groups attached to an aromatic ring is 1. The highest BCUT2D eigenvalue weighted by molar-refractivity contribution is 7.89. The van der Waals surface area contributed by atoms with Gasteiger partial charge in [0.2, 0.25) is 10.0 Å². The molecule has 0 saturated heterocycles. The number of aromatic nitrogens is 3. The SMILES string of the molecule is CCCn1cc(S(=O)(=O)NC(CC)c2nccs2)c(N)n1. The summed E-state index contributed by atoms with van der Waals surface area (Å²) in [5.74, 6) is 0.0185. The van der Waals surface area contributed by atoms with E-state index in [-0.39, 0.29) is 16.8 Å². The number of anilines is 1. The number of sulfonamides is 1. The van der Waals surface area contributed by atoms with Gasteiger partial charge in [0, 0.05) is 24.3 Å². The van der Waals surface area contributed by atoms with Crippen LogP contribution in [0.25, 0.3) is 0 Å². The lowest BCUT2D eigenvalue weighted by Crippen LogP contribution is -2.28. The van der Waals surface area contributed by atoms with Crippen molar-refractivity contribution in [3.63, 3.8) is 0 Å². The Morgan fingerprint density at radius 2 is 2.24 bits per heavy atom. The van der Waals surface area contributed by atoms with Crippen molar-refractivity contribution in [2.45, 2.75) is 44.2 Å². The Kier molecular flexibility index (Phi) is 4.96. The first kappa shape index (κ1) is 15.9. The maximum absolute atomic E-state index is 12.5. The molecule has 0 spiro atoms. The van der Waals surface area contributed by atoms with Gasteiger partial charge in [0.05, 0.1) is 6.04 Å². The maximum atomic E-state index is 12.5. The molecule has 0 aliphatic carbocycles. The van der Waals surface area contributed by atoms with Gasteiger partial charge >= 0.3 is 0 Å². The van der Waals surface area contributed by atoms with Gasteiger partial charge in [-0.3, -0.25) is 4.68 Å². The lowest BCUT2D eigenvalue weighted by molar-refractivity contribution is 0.548. The summed E-state index contributed by atoms with van der Waals surface area (Å²) in [5.41, 5.74) is 5.73. The molecule has 1 unspecified atom stereocenters. The Labute approximate surface area is 128 Å². The molecule has 0 amide bonds. The molecule has 3 N–H and O–H groups in total. The number of hydrogen-bond donors (Lipinski definition) is 2. The molecule has 0 radical (unpaired) electrons. The fourth-order valence-electron chi connectivity index (χ4n) is 1.93. The van der Waals surface area contributed by atoms with E-state index in [9.17, 15) is 8.42 Å². The van der Waals surface area contributed by atoms with Gasteiger partial charge in [-0.05, 0) is 12.8 Å². The fraction of sp³-hybridized carbons (Fsp3) is 0.500. The van der Waals surface area contributed by atoms with Crippen LogP contribution in [-0.2, 0) is 16.6 Å². The first-order valence-electron chi connectivity index (χ1n) is 6.72. The molecule has 0 aromatic carbocycles. The molecule has 0 aliphatic rings. The lowest BCUT2D eigenvalue weighted by Gasteiger charge is -2.14. The third-order valence-electron chi connectivity index (χ3n) is 2.95. The number of nitrogens with zero attached hydrogens (tertiary/aromatic N) is 3. The number of hydrogen-bond acceptors (Lipinski definition) is 6. The van der Waals surface area contributed by atoms with E-state index in [0.29, 0.717) is 13.0 Å². The van der Waals surface area contributed by atoms with Crippen molar-refractivity contribution in [3.8, 4) is 0 Å². The largest absolute Gasteiger partial charge is 0.381 e. The minimum Gasteiger partial charge on any atom is -0.381 e. The van der Waals surface area contributed by atoms with E-state index in [0.717, 1.165) is 11.4 Å². The third kappa shape index (κ3) is 3.60. The van der Waals surface area contributed by atoms with E-state index in [1.165, 1.54) is 17.5 Å². The number of thiazole rings is 1. The number of aryl methyl sites for hydroxylation is 1. The van der Waals surface area contributed by atoms with E-state index in [1.54, 1.807) is 10.9 Å². The van der Waals surface area contributed by atoms with Gasteiger partial charge in [0.25, 0.3) is 0 Å². The molecule has 9 heteroatoms. The number of nitrogens with two attached hydrogens (primary N) is 1. The van der Waals surface area contributed by atoms with Crippen molar-refractivity contribution in [3.05, 3.63) is 22.8 Å². The predicted octanol–water partition coefficient (Wildman–Crippen LogP) is 1.76. The molecule has 21 heavy (non-hydrogen) atoms. The summed E-state index contributed by atoms with van der Waals surface area (Å²) >= 11 is 1.42. The molecular formula is C12H19N5O2S2. The zero-order chi connectivity index (χ0) is 15.5. The van der Waals surface area contributed by atoms with E-state index < -0.39 is 10.0 Å². The van der Waals surface area contributed by atoms with E-state index >= 15 is 0 Å². The van der Waals surface area contributed by atoms with Crippen LogP contribution in [0.4, 0.5) is 5.82 Å². The van der Waals surface area contributed by atoms with Crippen molar-refractivity contribution in [1.29, 1.82) is 0 Å². The Hall–Kier alpha value is -1.45. The molecule has 0 saturated carbocycles. The molecule has 1 atom stereocenters. The zero-order valence-electron chi connectivity index (χ0n) is 12.0. The second kappa shape index (κ2) is 6.54. The normalized spacial score (nSPS) is 13.4. The van der Waals surface area contributed by atoms with Crippen molar-refractivity contribution >= 4 is 27.2 Å². The van der Waals surface area contributed by atoms with Gasteiger partial charge < -0.3 is 5.73 Å². The minimum absolute atomic E-state index is 0.0185. The quantitative estimate of drug-likeness (QED) is 0.805. The molecule has 2 rings (SSSR count). The molecule has 2 aromatic heterocycles. The third-order valence-corrected chi connectivity index (χ3v) is 5.33. The molecule has 7 nitrogen and oxygen atoms in total. The second-order valence-electron chi connectivity index (χ2n) is 4.59. The average Bonchev–Trinajstić information content (AvgIpc) is 3.06. The van der Waals surface area contributed by atoms with Crippen LogP contribution in [0.5, 0.6) is 0 Å². The van der Waals surface area contributed by atoms with Gasteiger partial charge in [-0.2, -0.15) is 5.10 Å². The summed E-state index contributed by atoms with van der Waals surface area (Å²) < 4.78 is 29.1. The Balaban J connectivity index is 2.25. The van der Waals surface area contributed by atoms with E-state index in [1.807, 2.05) is 19.2 Å². The molecule has 0 fully saturated rings.